The topological polar surface area (TPSA) is 87.7 Å². The van der Waals surface area contributed by atoms with E-state index in [0.29, 0.717) is 0 Å². The van der Waals surface area contributed by atoms with Gasteiger partial charge in [0.1, 0.15) is 0 Å². The summed E-state index contributed by atoms with van der Waals surface area (Å²) in [5.74, 6) is 0.843. The van der Waals surface area contributed by atoms with Crippen LogP contribution in [0.5, 0.6) is 0 Å². The number of rotatable bonds is 0. The van der Waals surface area contributed by atoms with Crippen LogP contribution in [0, 0.1) is 0 Å². The molecule has 0 unspecified atom stereocenters. The second-order valence-electron chi connectivity index (χ2n) is 1.63. The highest BCUT2D eigenvalue weighted by Gasteiger charge is 1.81. The van der Waals surface area contributed by atoms with Crippen LogP contribution >= 0.6 is 0 Å². The highest BCUT2D eigenvalue weighted by atomic mass is 15.0. The second kappa shape index (κ2) is 6.78. The van der Waals surface area contributed by atoms with Crippen LogP contribution in [0.2, 0.25) is 0 Å². The van der Waals surface area contributed by atoms with Crippen molar-refractivity contribution >= 4 is 5.84 Å². The second-order valence-corrected chi connectivity index (χ2v) is 1.63. The van der Waals surface area contributed by atoms with Crippen LogP contribution in [0.3, 0.4) is 0 Å². The van der Waals surface area contributed by atoms with Crippen LogP contribution in [0.15, 0.2) is 0 Å². The Morgan fingerprint density at radius 1 is 1.44 bits per heavy atom. The van der Waals surface area contributed by atoms with Crippen LogP contribution in [-0.2, 0) is 0 Å². The van der Waals surface area contributed by atoms with Gasteiger partial charge in [-0.25, -0.2) is 0 Å². The SMILES string of the molecule is CC(N)=[N+](C)C.[N-]=[N+]=[N-]. The number of hydrogen-bond acceptors (Lipinski definition) is 0. The molecular formula is C4H11N5. The molecule has 0 saturated heterocycles. The maximum Gasteiger partial charge on any atom is 0.238 e. The van der Waals surface area contributed by atoms with Gasteiger partial charge < -0.3 is 11.1 Å². The van der Waals surface area contributed by atoms with Crippen molar-refractivity contribution in [1.82, 2.24) is 0 Å². The molecule has 0 bridgehead atoms. The molecule has 0 aromatic rings. The van der Waals surface area contributed by atoms with Gasteiger partial charge in [0, 0.05) is 6.92 Å². The minimum Gasteiger partial charge on any atom is -0.373 e. The third kappa shape index (κ3) is 20.0. The molecule has 0 spiro atoms. The molecule has 0 aromatic heterocycles. The number of nitrogens with two attached hydrogens (primary N) is 1. The molecule has 0 amide bonds. The Morgan fingerprint density at radius 3 is 1.56 bits per heavy atom. The van der Waals surface area contributed by atoms with Gasteiger partial charge in [-0.05, 0) is 0 Å². The average Bonchev–Trinajstić information content (AvgIpc) is 1.68. The molecule has 2 N–H and O–H groups in total. The van der Waals surface area contributed by atoms with E-state index in [1.54, 1.807) is 0 Å². The summed E-state index contributed by atoms with van der Waals surface area (Å²) in [5.41, 5.74) is 18.8. The first kappa shape index (κ1) is 10.7. The van der Waals surface area contributed by atoms with Gasteiger partial charge in [0.05, 0.1) is 14.1 Å². The Hall–Kier alpha value is -1.22. The van der Waals surface area contributed by atoms with E-state index in [1.165, 1.54) is 4.91 Å². The predicted octanol–water partition coefficient (Wildman–Crippen LogP) is 0.502. The van der Waals surface area contributed by atoms with E-state index in [9.17, 15) is 0 Å². The normalized spacial score (nSPS) is 6.11. The van der Waals surface area contributed by atoms with Crippen LogP contribution in [-0.4, -0.2) is 24.5 Å². The number of hydrogen-bond donors (Lipinski definition) is 1. The highest BCUT2D eigenvalue weighted by Crippen LogP contribution is 1.53. The molecule has 5 nitrogen and oxygen atoms in total. The predicted molar refractivity (Wildman–Crippen MR) is 37.1 cm³/mol. The Morgan fingerprint density at radius 2 is 1.56 bits per heavy atom. The van der Waals surface area contributed by atoms with E-state index in [2.05, 4.69) is 0 Å². The van der Waals surface area contributed by atoms with E-state index in [4.69, 9.17) is 16.8 Å². The molecule has 5 heteroatoms. The molecule has 0 saturated carbocycles. The van der Waals surface area contributed by atoms with Crippen molar-refractivity contribution in [1.29, 1.82) is 0 Å². The molecular weight excluding hydrogens is 118 g/mol. The molecule has 0 aliphatic heterocycles. The van der Waals surface area contributed by atoms with E-state index >= 15 is 0 Å². The standard InChI is InChI=1S/C4H10N2.N3/c1-4(5)6(2)3;1-3-2/h5H,1-3H3;/q;-1/p+1. The molecule has 0 aromatic carbocycles. The van der Waals surface area contributed by atoms with Gasteiger partial charge in [0.2, 0.25) is 5.84 Å². The first-order chi connectivity index (χ1) is 4.06. The summed E-state index contributed by atoms with van der Waals surface area (Å²) in [7, 11) is 3.82. The third-order valence-corrected chi connectivity index (χ3v) is 0.705. The Bertz CT molecular complexity index is 112. The van der Waals surface area contributed by atoms with Crippen molar-refractivity contribution in [3.8, 4) is 0 Å². The fourth-order valence-corrected chi connectivity index (χ4v) is 0. The average molecular weight is 129 g/mol. The quantitative estimate of drug-likeness (QED) is 0.127. The first-order valence-corrected chi connectivity index (χ1v) is 2.31. The summed E-state index contributed by atoms with van der Waals surface area (Å²) in [6.07, 6.45) is 0. The van der Waals surface area contributed by atoms with Gasteiger partial charge in [-0.3, -0.25) is 15.2 Å². The van der Waals surface area contributed by atoms with Crippen molar-refractivity contribution < 1.29 is 4.58 Å². The van der Waals surface area contributed by atoms with Gasteiger partial charge in [-0.2, -0.15) is 0 Å². The zero-order chi connectivity index (χ0) is 7.86. The number of amidine groups is 1. The fourth-order valence-electron chi connectivity index (χ4n) is 0. The Balaban J connectivity index is 0. The monoisotopic (exact) mass is 129 g/mol. The summed E-state index contributed by atoms with van der Waals surface area (Å²) in [5, 5.41) is 0. The smallest absolute Gasteiger partial charge is 0.238 e. The first-order valence-electron chi connectivity index (χ1n) is 2.31. The molecule has 9 heavy (non-hydrogen) atoms. The van der Waals surface area contributed by atoms with Crippen LogP contribution in [0.4, 0.5) is 0 Å². The Labute approximate surface area is 54.2 Å². The van der Waals surface area contributed by atoms with E-state index < -0.39 is 0 Å². The molecule has 0 atom stereocenters. The molecule has 0 aliphatic rings. The van der Waals surface area contributed by atoms with Crippen LogP contribution < -0.4 is 5.73 Å². The zero-order valence-corrected chi connectivity index (χ0v) is 5.87. The van der Waals surface area contributed by atoms with Crippen molar-refractivity contribution in [3.05, 3.63) is 16.0 Å². The highest BCUT2D eigenvalue weighted by molar-refractivity contribution is 5.71. The maximum atomic E-state index is 6.75. The van der Waals surface area contributed by atoms with Crippen molar-refractivity contribution in [3.63, 3.8) is 0 Å². The molecule has 0 aliphatic carbocycles. The Kier molecular flexibility index (Phi) is 8.06. The molecule has 0 radical (unpaired) electrons. The lowest BCUT2D eigenvalue weighted by Crippen LogP contribution is -2.18. The van der Waals surface area contributed by atoms with Crippen molar-refractivity contribution in [2.75, 3.05) is 14.1 Å². The lowest BCUT2D eigenvalue weighted by molar-refractivity contribution is -0.465. The molecule has 0 fully saturated rings. The van der Waals surface area contributed by atoms with Gasteiger partial charge in [-0.1, -0.05) is 0 Å². The van der Waals surface area contributed by atoms with E-state index in [1.807, 2.05) is 25.6 Å². The third-order valence-electron chi connectivity index (χ3n) is 0.705. The maximum absolute atomic E-state index is 6.75. The lowest BCUT2D eigenvalue weighted by Gasteiger charge is -1.85. The lowest BCUT2D eigenvalue weighted by atomic mass is 10.7. The number of nitrogens with zero attached hydrogens (tertiary/aromatic N) is 4. The van der Waals surface area contributed by atoms with Crippen LogP contribution in [0.25, 0.3) is 16.0 Å². The largest absolute Gasteiger partial charge is 0.373 e. The minimum atomic E-state index is 0.843. The summed E-state index contributed by atoms with van der Waals surface area (Å²) in [6, 6.07) is 0. The van der Waals surface area contributed by atoms with E-state index in [0.717, 1.165) is 5.84 Å². The molecule has 52 valence electrons. The minimum absolute atomic E-state index is 0.843. The van der Waals surface area contributed by atoms with Crippen molar-refractivity contribution in [2.45, 2.75) is 6.92 Å². The van der Waals surface area contributed by atoms with Gasteiger partial charge in [-0.15, -0.1) is 0 Å². The summed E-state index contributed by atoms with van der Waals surface area (Å²) >= 11 is 0. The van der Waals surface area contributed by atoms with Crippen LogP contribution in [0.1, 0.15) is 6.92 Å². The zero-order valence-electron chi connectivity index (χ0n) is 5.87. The summed E-state index contributed by atoms with van der Waals surface area (Å²) < 4.78 is 1.86. The van der Waals surface area contributed by atoms with E-state index in [-0.39, 0.29) is 0 Å². The molecule has 0 heterocycles. The van der Waals surface area contributed by atoms with Gasteiger partial charge in [0.25, 0.3) is 0 Å². The summed E-state index contributed by atoms with van der Waals surface area (Å²) in [6.45, 7) is 1.86. The van der Waals surface area contributed by atoms with Gasteiger partial charge >= 0.3 is 0 Å². The fraction of sp³-hybridized carbons (Fsp3) is 0.750. The summed E-state index contributed by atoms with van der Waals surface area (Å²) in [4.78, 5) is 1.50. The van der Waals surface area contributed by atoms with Gasteiger partial charge in [0.15, 0.2) is 0 Å². The molecule has 0 rings (SSSR count). The van der Waals surface area contributed by atoms with Crippen molar-refractivity contribution in [2.24, 2.45) is 5.73 Å².